The zero-order valence-electron chi connectivity index (χ0n) is 12.0. The second kappa shape index (κ2) is 5.74. The molecule has 1 aliphatic heterocycles. The zero-order valence-corrected chi connectivity index (χ0v) is 12.0. The molecule has 0 atom stereocenters. The van der Waals surface area contributed by atoms with E-state index in [-0.39, 0.29) is 6.03 Å². The number of ether oxygens (including phenoxy) is 1. The van der Waals surface area contributed by atoms with E-state index in [1.807, 2.05) is 6.07 Å². The second-order valence-corrected chi connectivity index (χ2v) is 5.59. The number of rotatable bonds is 1. The van der Waals surface area contributed by atoms with Gasteiger partial charge in [0.1, 0.15) is 11.8 Å². The van der Waals surface area contributed by atoms with Crippen molar-refractivity contribution in [3.05, 3.63) is 29.8 Å². The highest BCUT2D eigenvalue weighted by molar-refractivity contribution is 5.91. The number of anilines is 1. The molecule has 0 bridgehead atoms. The van der Waals surface area contributed by atoms with Gasteiger partial charge in [0.05, 0.1) is 17.9 Å². The molecular formula is C16H19N3O2. The Hall–Kier alpha value is -2.06. The molecule has 1 aliphatic carbocycles. The number of para-hydroxylation sites is 1. The number of nitriles is 1. The third kappa shape index (κ3) is 2.59. The first-order chi connectivity index (χ1) is 10.2. The molecule has 3 rings (SSSR count). The summed E-state index contributed by atoms with van der Waals surface area (Å²) >= 11 is 0. The fraction of sp³-hybridized carbons (Fsp3) is 0.500. The average molecular weight is 285 g/mol. The number of benzene rings is 1. The topological polar surface area (TPSA) is 65.4 Å². The van der Waals surface area contributed by atoms with Gasteiger partial charge in [-0.25, -0.2) is 4.79 Å². The molecule has 5 heteroatoms. The lowest BCUT2D eigenvalue weighted by molar-refractivity contribution is -0.0867. The lowest BCUT2D eigenvalue weighted by Gasteiger charge is -2.39. The second-order valence-electron chi connectivity index (χ2n) is 5.59. The molecule has 2 amide bonds. The molecule has 1 spiro atoms. The van der Waals surface area contributed by atoms with Crippen molar-refractivity contribution in [3.63, 3.8) is 0 Å². The van der Waals surface area contributed by atoms with Crippen LogP contribution in [0.1, 0.15) is 37.7 Å². The quantitative estimate of drug-likeness (QED) is 0.862. The van der Waals surface area contributed by atoms with Crippen molar-refractivity contribution in [1.82, 2.24) is 4.90 Å². The smallest absolute Gasteiger partial charge is 0.324 e. The minimum absolute atomic E-state index is 0.169. The van der Waals surface area contributed by atoms with Crippen molar-refractivity contribution >= 4 is 11.7 Å². The van der Waals surface area contributed by atoms with Crippen LogP contribution in [0.3, 0.4) is 0 Å². The zero-order chi connectivity index (χ0) is 14.7. The molecule has 2 aliphatic rings. The van der Waals surface area contributed by atoms with E-state index in [9.17, 15) is 4.79 Å². The van der Waals surface area contributed by atoms with E-state index < -0.39 is 5.72 Å². The lowest BCUT2D eigenvalue weighted by Crippen LogP contribution is -2.51. The predicted octanol–water partition coefficient (Wildman–Crippen LogP) is 3.08. The summed E-state index contributed by atoms with van der Waals surface area (Å²) in [4.78, 5) is 14.4. The third-order valence-electron chi connectivity index (χ3n) is 4.35. The molecule has 1 aromatic carbocycles. The number of carbonyl (C=O) groups is 1. The summed E-state index contributed by atoms with van der Waals surface area (Å²) in [5.41, 5.74) is 0.607. The molecule has 21 heavy (non-hydrogen) atoms. The van der Waals surface area contributed by atoms with Crippen molar-refractivity contribution in [2.75, 3.05) is 18.5 Å². The maximum atomic E-state index is 12.6. The van der Waals surface area contributed by atoms with Crippen LogP contribution in [0, 0.1) is 11.3 Å². The predicted molar refractivity (Wildman–Crippen MR) is 78.6 cm³/mol. The normalized spacial score (nSPS) is 20.2. The van der Waals surface area contributed by atoms with Gasteiger partial charge in [-0.1, -0.05) is 18.6 Å². The summed E-state index contributed by atoms with van der Waals surface area (Å²) in [6.07, 6.45) is 5.20. The average Bonchev–Trinajstić information content (AvgIpc) is 2.91. The van der Waals surface area contributed by atoms with Crippen molar-refractivity contribution in [1.29, 1.82) is 5.26 Å². The van der Waals surface area contributed by atoms with Crippen LogP contribution in [0.25, 0.3) is 0 Å². The van der Waals surface area contributed by atoms with Crippen LogP contribution in [0.2, 0.25) is 0 Å². The number of nitrogens with one attached hydrogen (secondary N) is 1. The molecule has 1 saturated heterocycles. The first kappa shape index (κ1) is 13.9. The van der Waals surface area contributed by atoms with Crippen molar-refractivity contribution in [3.8, 4) is 6.07 Å². The Morgan fingerprint density at radius 3 is 2.81 bits per heavy atom. The van der Waals surface area contributed by atoms with Crippen LogP contribution in [0.15, 0.2) is 24.3 Å². The SMILES string of the molecule is N#Cc1ccccc1NC(=O)N1CCOC12CCCCC2. The van der Waals surface area contributed by atoms with E-state index in [4.69, 9.17) is 10.00 Å². The molecule has 0 aromatic heterocycles. The largest absolute Gasteiger partial charge is 0.354 e. The van der Waals surface area contributed by atoms with Gasteiger partial charge in [-0.15, -0.1) is 0 Å². The van der Waals surface area contributed by atoms with E-state index >= 15 is 0 Å². The van der Waals surface area contributed by atoms with Crippen LogP contribution >= 0.6 is 0 Å². The molecule has 1 heterocycles. The minimum Gasteiger partial charge on any atom is -0.354 e. The number of nitrogens with zero attached hydrogens (tertiary/aromatic N) is 2. The first-order valence-electron chi connectivity index (χ1n) is 7.47. The number of carbonyl (C=O) groups excluding carboxylic acids is 1. The van der Waals surface area contributed by atoms with Crippen molar-refractivity contribution in [2.45, 2.75) is 37.8 Å². The van der Waals surface area contributed by atoms with E-state index in [0.29, 0.717) is 24.4 Å². The third-order valence-corrected chi connectivity index (χ3v) is 4.35. The maximum absolute atomic E-state index is 12.6. The molecule has 0 unspecified atom stereocenters. The fourth-order valence-corrected chi connectivity index (χ4v) is 3.29. The van der Waals surface area contributed by atoms with Gasteiger partial charge in [-0.3, -0.25) is 4.90 Å². The Bertz CT molecular complexity index is 573. The Morgan fingerprint density at radius 2 is 2.05 bits per heavy atom. The van der Waals surface area contributed by atoms with E-state index in [1.165, 1.54) is 6.42 Å². The number of amides is 2. The summed E-state index contributed by atoms with van der Waals surface area (Å²) in [5, 5.41) is 12.0. The lowest BCUT2D eigenvalue weighted by atomic mass is 9.91. The highest BCUT2D eigenvalue weighted by Crippen LogP contribution is 2.38. The monoisotopic (exact) mass is 285 g/mol. The molecule has 0 radical (unpaired) electrons. The van der Waals surface area contributed by atoms with E-state index in [1.54, 1.807) is 23.1 Å². The molecule has 1 N–H and O–H groups in total. The highest BCUT2D eigenvalue weighted by atomic mass is 16.5. The first-order valence-corrected chi connectivity index (χ1v) is 7.47. The summed E-state index contributed by atoms with van der Waals surface area (Å²) in [6, 6.07) is 8.98. The fourth-order valence-electron chi connectivity index (χ4n) is 3.29. The highest BCUT2D eigenvalue weighted by Gasteiger charge is 2.45. The Labute approximate surface area is 124 Å². The van der Waals surface area contributed by atoms with Gasteiger partial charge in [-0.05, 0) is 37.8 Å². The Balaban J connectivity index is 1.77. The van der Waals surface area contributed by atoms with Crippen LogP contribution < -0.4 is 5.32 Å². The van der Waals surface area contributed by atoms with Crippen molar-refractivity contribution < 1.29 is 9.53 Å². The summed E-state index contributed by atoms with van der Waals surface area (Å²) in [6.45, 7) is 1.20. The van der Waals surface area contributed by atoms with Gasteiger partial charge in [0.25, 0.3) is 0 Å². The van der Waals surface area contributed by atoms with Crippen LogP contribution in [-0.4, -0.2) is 29.8 Å². The summed E-state index contributed by atoms with van der Waals surface area (Å²) < 4.78 is 5.91. The van der Waals surface area contributed by atoms with Gasteiger partial charge >= 0.3 is 6.03 Å². The molecule has 2 fully saturated rings. The van der Waals surface area contributed by atoms with E-state index in [2.05, 4.69) is 11.4 Å². The van der Waals surface area contributed by atoms with Gasteiger partial charge in [-0.2, -0.15) is 5.26 Å². The van der Waals surface area contributed by atoms with E-state index in [0.717, 1.165) is 25.7 Å². The van der Waals surface area contributed by atoms with Crippen LogP contribution in [0.5, 0.6) is 0 Å². The number of hydrogen-bond donors (Lipinski definition) is 1. The number of hydrogen-bond acceptors (Lipinski definition) is 3. The maximum Gasteiger partial charge on any atom is 0.324 e. The molecule has 1 aromatic rings. The summed E-state index contributed by atoms with van der Waals surface area (Å²) in [5.74, 6) is 0. The number of urea groups is 1. The Morgan fingerprint density at radius 1 is 1.29 bits per heavy atom. The van der Waals surface area contributed by atoms with Crippen molar-refractivity contribution in [2.24, 2.45) is 0 Å². The van der Waals surface area contributed by atoms with Crippen LogP contribution in [0.4, 0.5) is 10.5 Å². The minimum atomic E-state index is -0.427. The molecular weight excluding hydrogens is 266 g/mol. The van der Waals surface area contributed by atoms with Gasteiger partial charge < -0.3 is 10.1 Å². The van der Waals surface area contributed by atoms with Gasteiger partial charge in [0, 0.05) is 6.54 Å². The van der Waals surface area contributed by atoms with Gasteiger partial charge in [0.15, 0.2) is 0 Å². The van der Waals surface area contributed by atoms with Gasteiger partial charge in [0.2, 0.25) is 0 Å². The molecule has 5 nitrogen and oxygen atoms in total. The summed E-state index contributed by atoms with van der Waals surface area (Å²) in [7, 11) is 0. The van der Waals surface area contributed by atoms with Crippen LogP contribution in [-0.2, 0) is 4.74 Å². The molecule has 1 saturated carbocycles. The standard InChI is InChI=1S/C16H19N3O2/c17-12-13-6-2-3-7-14(13)18-15(20)19-10-11-21-16(19)8-4-1-5-9-16/h2-3,6-7H,1,4-5,8-11H2,(H,18,20). The molecule has 110 valence electrons. The Kier molecular flexibility index (Phi) is 3.80.